The molecular weight excluding hydrogens is 178 g/mol. The number of hydrogen-bond acceptors (Lipinski definition) is 1. The standard InChI is InChI=1S/C8H16ClNO2/c1-3-4-5-6(2)7(9)10-8(11)12/h6-7,10H,3-5H2,1-2H3,(H,11,12). The third-order valence-electron chi connectivity index (χ3n) is 1.77. The van der Waals surface area contributed by atoms with E-state index in [9.17, 15) is 4.79 Å². The van der Waals surface area contributed by atoms with Crippen LogP contribution >= 0.6 is 11.6 Å². The van der Waals surface area contributed by atoms with Crippen molar-refractivity contribution in [3.05, 3.63) is 0 Å². The SMILES string of the molecule is CCCCC(C)C(Cl)NC(=O)O. The van der Waals surface area contributed by atoms with E-state index in [1.54, 1.807) is 0 Å². The summed E-state index contributed by atoms with van der Waals surface area (Å²) in [6, 6.07) is 0. The quantitative estimate of drug-likeness (QED) is 0.521. The largest absolute Gasteiger partial charge is 0.465 e. The summed E-state index contributed by atoms with van der Waals surface area (Å²) in [5.41, 5.74) is -0.464. The number of nitrogens with one attached hydrogen (secondary N) is 1. The topological polar surface area (TPSA) is 49.3 Å². The normalized spacial score (nSPS) is 15.2. The molecule has 0 aliphatic heterocycles. The zero-order valence-corrected chi connectivity index (χ0v) is 8.27. The molecule has 0 fully saturated rings. The zero-order valence-electron chi connectivity index (χ0n) is 7.51. The number of halogens is 1. The van der Waals surface area contributed by atoms with Gasteiger partial charge in [0.2, 0.25) is 0 Å². The van der Waals surface area contributed by atoms with Crippen LogP contribution in [-0.4, -0.2) is 16.7 Å². The van der Waals surface area contributed by atoms with Crippen molar-refractivity contribution in [3.63, 3.8) is 0 Å². The summed E-state index contributed by atoms with van der Waals surface area (Å²) >= 11 is 5.77. The molecule has 0 saturated heterocycles. The van der Waals surface area contributed by atoms with Crippen molar-refractivity contribution < 1.29 is 9.90 Å². The molecule has 0 bridgehead atoms. The van der Waals surface area contributed by atoms with Gasteiger partial charge in [-0.1, -0.05) is 38.3 Å². The van der Waals surface area contributed by atoms with Crippen molar-refractivity contribution >= 4 is 17.7 Å². The minimum Gasteiger partial charge on any atom is -0.465 e. The lowest BCUT2D eigenvalue weighted by atomic mass is 10.0. The monoisotopic (exact) mass is 193 g/mol. The average molecular weight is 194 g/mol. The molecule has 2 atom stereocenters. The van der Waals surface area contributed by atoms with Gasteiger partial charge in [-0.15, -0.1) is 0 Å². The predicted molar refractivity (Wildman–Crippen MR) is 49.5 cm³/mol. The van der Waals surface area contributed by atoms with Gasteiger partial charge in [0, 0.05) is 0 Å². The summed E-state index contributed by atoms with van der Waals surface area (Å²) in [6.45, 7) is 4.05. The maximum Gasteiger partial charge on any atom is 0.405 e. The third kappa shape index (κ3) is 5.24. The highest BCUT2D eigenvalue weighted by atomic mass is 35.5. The molecule has 0 aliphatic carbocycles. The summed E-state index contributed by atoms with van der Waals surface area (Å²) in [5, 5.41) is 10.6. The van der Waals surface area contributed by atoms with E-state index in [4.69, 9.17) is 16.7 Å². The first-order valence-corrected chi connectivity index (χ1v) is 4.65. The van der Waals surface area contributed by atoms with E-state index in [1.807, 2.05) is 6.92 Å². The predicted octanol–water partition coefficient (Wildman–Crippen LogP) is 2.65. The number of alkyl halides is 1. The highest BCUT2D eigenvalue weighted by Gasteiger charge is 2.15. The molecule has 0 spiro atoms. The van der Waals surface area contributed by atoms with E-state index in [0.717, 1.165) is 19.3 Å². The van der Waals surface area contributed by atoms with Crippen molar-refractivity contribution in [2.45, 2.75) is 38.6 Å². The Bertz CT molecular complexity index is 141. The summed E-state index contributed by atoms with van der Waals surface area (Å²) in [6.07, 6.45) is 2.11. The van der Waals surface area contributed by atoms with E-state index in [0.29, 0.717) is 0 Å². The van der Waals surface area contributed by atoms with Crippen molar-refractivity contribution in [2.24, 2.45) is 5.92 Å². The number of rotatable bonds is 5. The highest BCUT2D eigenvalue weighted by Crippen LogP contribution is 2.14. The Kier molecular flexibility index (Phi) is 5.89. The van der Waals surface area contributed by atoms with Crippen LogP contribution in [0.25, 0.3) is 0 Å². The molecule has 2 N–H and O–H groups in total. The van der Waals surface area contributed by atoms with Gasteiger partial charge in [-0.3, -0.25) is 0 Å². The molecule has 0 aromatic heterocycles. The third-order valence-corrected chi connectivity index (χ3v) is 2.31. The van der Waals surface area contributed by atoms with Gasteiger partial charge < -0.3 is 10.4 Å². The number of unbranched alkanes of at least 4 members (excludes halogenated alkanes) is 1. The van der Waals surface area contributed by atoms with Gasteiger partial charge in [-0.05, 0) is 12.3 Å². The van der Waals surface area contributed by atoms with Gasteiger partial charge in [0.15, 0.2) is 0 Å². The smallest absolute Gasteiger partial charge is 0.405 e. The van der Waals surface area contributed by atoms with Crippen molar-refractivity contribution in [2.75, 3.05) is 0 Å². The lowest BCUT2D eigenvalue weighted by Crippen LogP contribution is -2.34. The Morgan fingerprint density at radius 1 is 1.67 bits per heavy atom. The minimum atomic E-state index is -1.06. The fourth-order valence-electron chi connectivity index (χ4n) is 0.933. The fraction of sp³-hybridized carbons (Fsp3) is 0.875. The average Bonchev–Trinajstić information content (AvgIpc) is 1.98. The Hall–Kier alpha value is -0.440. The number of hydrogen-bond donors (Lipinski definition) is 2. The van der Waals surface area contributed by atoms with Crippen LogP contribution in [0.15, 0.2) is 0 Å². The molecule has 0 saturated carbocycles. The maximum atomic E-state index is 10.2. The Morgan fingerprint density at radius 2 is 2.25 bits per heavy atom. The molecule has 0 radical (unpaired) electrons. The number of carbonyl (C=O) groups is 1. The Balaban J connectivity index is 3.60. The molecule has 4 heteroatoms. The van der Waals surface area contributed by atoms with Crippen LogP contribution in [0.1, 0.15) is 33.1 Å². The molecule has 0 heterocycles. The molecule has 0 rings (SSSR count). The van der Waals surface area contributed by atoms with Crippen LogP contribution < -0.4 is 5.32 Å². The fourth-order valence-corrected chi connectivity index (χ4v) is 1.15. The second-order valence-electron chi connectivity index (χ2n) is 2.97. The molecule has 0 aromatic rings. The Morgan fingerprint density at radius 3 is 2.67 bits per heavy atom. The van der Waals surface area contributed by atoms with Crippen LogP contribution in [0.3, 0.4) is 0 Å². The first-order chi connectivity index (χ1) is 5.57. The lowest BCUT2D eigenvalue weighted by molar-refractivity contribution is 0.190. The summed E-state index contributed by atoms with van der Waals surface area (Å²) in [7, 11) is 0. The van der Waals surface area contributed by atoms with Crippen LogP contribution in [0.2, 0.25) is 0 Å². The van der Waals surface area contributed by atoms with Gasteiger partial charge in [0.25, 0.3) is 0 Å². The second-order valence-corrected chi connectivity index (χ2v) is 3.44. The number of amides is 1. The van der Waals surface area contributed by atoms with Crippen LogP contribution in [0.5, 0.6) is 0 Å². The Labute approximate surface area is 78.1 Å². The van der Waals surface area contributed by atoms with Crippen molar-refractivity contribution in [1.82, 2.24) is 5.32 Å². The molecule has 2 unspecified atom stereocenters. The molecule has 3 nitrogen and oxygen atoms in total. The number of carboxylic acid groups (broad SMARTS) is 1. The van der Waals surface area contributed by atoms with Crippen molar-refractivity contribution in [1.29, 1.82) is 0 Å². The van der Waals surface area contributed by atoms with E-state index < -0.39 is 11.6 Å². The van der Waals surface area contributed by atoms with E-state index in [-0.39, 0.29) is 5.92 Å². The van der Waals surface area contributed by atoms with Crippen LogP contribution in [0, 0.1) is 5.92 Å². The lowest BCUT2D eigenvalue weighted by Gasteiger charge is -2.16. The molecular formula is C8H16ClNO2. The second kappa shape index (κ2) is 6.12. The molecule has 72 valence electrons. The molecule has 0 aliphatic rings. The molecule has 1 amide bonds. The summed E-state index contributed by atoms with van der Waals surface area (Å²) < 4.78 is 0. The van der Waals surface area contributed by atoms with Crippen LogP contribution in [-0.2, 0) is 0 Å². The first-order valence-electron chi connectivity index (χ1n) is 4.21. The van der Waals surface area contributed by atoms with Gasteiger partial charge in [0.1, 0.15) is 5.50 Å². The van der Waals surface area contributed by atoms with E-state index in [2.05, 4.69) is 12.2 Å². The molecule has 0 aromatic carbocycles. The van der Waals surface area contributed by atoms with Gasteiger partial charge in [-0.2, -0.15) is 0 Å². The van der Waals surface area contributed by atoms with Gasteiger partial charge in [0.05, 0.1) is 0 Å². The zero-order chi connectivity index (χ0) is 9.56. The van der Waals surface area contributed by atoms with E-state index >= 15 is 0 Å². The van der Waals surface area contributed by atoms with Crippen molar-refractivity contribution in [3.8, 4) is 0 Å². The van der Waals surface area contributed by atoms with Gasteiger partial charge in [-0.25, -0.2) is 4.79 Å². The first kappa shape index (κ1) is 11.6. The highest BCUT2D eigenvalue weighted by molar-refractivity contribution is 6.21. The minimum absolute atomic E-state index is 0.197. The van der Waals surface area contributed by atoms with Crippen LogP contribution in [0.4, 0.5) is 4.79 Å². The van der Waals surface area contributed by atoms with E-state index in [1.165, 1.54) is 0 Å². The molecule has 12 heavy (non-hydrogen) atoms. The van der Waals surface area contributed by atoms with Gasteiger partial charge >= 0.3 is 6.09 Å². The maximum absolute atomic E-state index is 10.2. The summed E-state index contributed by atoms with van der Waals surface area (Å²) in [4.78, 5) is 10.2. The summed E-state index contributed by atoms with van der Waals surface area (Å²) in [5.74, 6) is 0.197.